The highest BCUT2D eigenvalue weighted by Gasteiger charge is 2.43. The molecule has 0 amide bonds. The molecule has 71 heavy (non-hydrogen) atoms. The van der Waals surface area contributed by atoms with E-state index in [1.165, 1.54) is 38.8 Å². The number of hydrogen-bond acceptors (Lipinski definition) is 5. The lowest BCUT2D eigenvalue weighted by molar-refractivity contribution is 0.573. The van der Waals surface area contributed by atoms with Crippen molar-refractivity contribution in [1.82, 2.24) is 4.98 Å². The molecule has 0 N–H and O–H groups in total. The zero-order valence-corrected chi connectivity index (χ0v) is 42.2. The number of para-hydroxylation sites is 4. The van der Waals surface area contributed by atoms with Crippen LogP contribution in [0.1, 0.15) is 79.0 Å². The molecular weight excluding hydrogens is 864 g/mol. The number of rotatable bonds is 6. The van der Waals surface area contributed by atoms with Gasteiger partial charge < -0.3 is 19.1 Å². The fourth-order valence-corrected chi connectivity index (χ4v) is 11.1. The van der Waals surface area contributed by atoms with Crippen molar-refractivity contribution in [2.24, 2.45) is 0 Å². The molecule has 2 aliphatic rings. The number of hydrogen-bond donors (Lipinski definition) is 0. The SMILES string of the molecule is CC(C)(C)c1ccc(N(c2ccc3c(c2)N(c2ccccc2)c2cncc4c2B3c2ccccc2N4c2ccccc2)c2ccc(C(C)(C)C)cc2-c2ccc3oc4c(C(C)(C)C)cccc4c3c2)cc1. The van der Waals surface area contributed by atoms with Gasteiger partial charge in [-0.2, -0.15) is 0 Å². The Morgan fingerprint density at radius 3 is 1.73 bits per heavy atom. The fourth-order valence-electron chi connectivity index (χ4n) is 11.1. The predicted molar refractivity (Wildman–Crippen MR) is 302 cm³/mol. The van der Waals surface area contributed by atoms with Gasteiger partial charge in [-0.05, 0) is 128 Å². The quantitative estimate of drug-likeness (QED) is 0.155. The number of anilines is 9. The predicted octanol–water partition coefficient (Wildman–Crippen LogP) is 16.1. The van der Waals surface area contributed by atoms with Gasteiger partial charge in [0.05, 0.1) is 29.5 Å². The maximum Gasteiger partial charge on any atom is 0.252 e. The molecular formula is C65H59BN4O. The largest absolute Gasteiger partial charge is 0.456 e. The third-order valence-corrected chi connectivity index (χ3v) is 14.8. The maximum absolute atomic E-state index is 6.72. The standard InChI is InChI=1S/C65H59BN4O/c1-63(2,3)43-28-31-47(32-29-43)68(55-35-30-44(64(4,5)6)38-50(55)42-27-36-60-51(37-42)49-23-18-24-52(62(49)71-60)65(7,8)9)48-33-34-54-57(39-48)70(46-21-14-11-15-22-46)59-41-67-40-58-61(59)66(54)53-25-16-17-26-56(53)69(58)45-19-12-10-13-20-45/h10-41H,1-9H3. The van der Waals surface area contributed by atoms with E-state index in [2.05, 4.69) is 271 Å². The van der Waals surface area contributed by atoms with Gasteiger partial charge in [0.15, 0.2) is 0 Å². The van der Waals surface area contributed by atoms with E-state index in [0.717, 1.165) is 78.6 Å². The highest BCUT2D eigenvalue weighted by atomic mass is 16.3. The summed E-state index contributed by atoms with van der Waals surface area (Å²) in [7, 11) is 0. The molecule has 4 heterocycles. The van der Waals surface area contributed by atoms with Gasteiger partial charge in [0.25, 0.3) is 6.71 Å². The van der Waals surface area contributed by atoms with Gasteiger partial charge >= 0.3 is 0 Å². The van der Waals surface area contributed by atoms with Gasteiger partial charge in [0, 0.05) is 56.0 Å². The smallest absolute Gasteiger partial charge is 0.252 e. The second-order valence-corrected chi connectivity index (χ2v) is 22.5. The van der Waals surface area contributed by atoms with Gasteiger partial charge in [-0.15, -0.1) is 0 Å². The molecule has 0 bridgehead atoms. The molecule has 0 radical (unpaired) electrons. The lowest BCUT2D eigenvalue weighted by atomic mass is 9.33. The summed E-state index contributed by atoms with van der Waals surface area (Å²) in [4.78, 5) is 12.3. The van der Waals surface area contributed by atoms with E-state index in [9.17, 15) is 0 Å². The molecule has 348 valence electrons. The van der Waals surface area contributed by atoms with E-state index in [0.29, 0.717) is 0 Å². The molecule has 6 heteroatoms. The summed E-state index contributed by atoms with van der Waals surface area (Å²) >= 11 is 0. The average molecular weight is 923 g/mol. The molecule has 2 aromatic heterocycles. The van der Waals surface area contributed by atoms with E-state index in [1.807, 2.05) is 0 Å². The second-order valence-electron chi connectivity index (χ2n) is 22.5. The molecule has 5 nitrogen and oxygen atoms in total. The number of furan rings is 1. The van der Waals surface area contributed by atoms with E-state index in [4.69, 9.17) is 9.40 Å². The third kappa shape index (κ3) is 7.42. The topological polar surface area (TPSA) is 35.8 Å². The molecule has 0 unspecified atom stereocenters. The summed E-state index contributed by atoms with van der Waals surface area (Å²) in [6.07, 6.45) is 4.12. The van der Waals surface area contributed by atoms with Crippen LogP contribution in [0, 0.1) is 0 Å². The Hall–Kier alpha value is -7.83. The summed E-state index contributed by atoms with van der Waals surface area (Å²) in [6.45, 7) is 20.5. The minimum atomic E-state index is -0.0881. The number of pyridine rings is 1. The first-order valence-electron chi connectivity index (χ1n) is 25.1. The van der Waals surface area contributed by atoms with E-state index in [1.54, 1.807) is 0 Å². The number of nitrogens with zero attached hydrogens (tertiary/aromatic N) is 4. The van der Waals surface area contributed by atoms with Crippen molar-refractivity contribution in [2.45, 2.75) is 78.6 Å². The van der Waals surface area contributed by atoms with Gasteiger partial charge in [-0.25, -0.2) is 0 Å². The van der Waals surface area contributed by atoms with Crippen LogP contribution in [0.15, 0.2) is 199 Å². The highest BCUT2D eigenvalue weighted by molar-refractivity contribution is 7.00. The van der Waals surface area contributed by atoms with Gasteiger partial charge in [0.1, 0.15) is 11.2 Å². The molecule has 0 saturated carbocycles. The van der Waals surface area contributed by atoms with Crippen molar-refractivity contribution in [3.63, 3.8) is 0 Å². The summed E-state index contributed by atoms with van der Waals surface area (Å²) in [6, 6.07) is 67.2. The fraction of sp³-hybridized carbons (Fsp3) is 0.185. The molecule has 10 aromatic rings. The van der Waals surface area contributed by atoms with Crippen LogP contribution in [-0.2, 0) is 16.2 Å². The van der Waals surface area contributed by atoms with E-state index >= 15 is 0 Å². The molecule has 8 aromatic carbocycles. The zero-order chi connectivity index (χ0) is 49.0. The maximum atomic E-state index is 6.72. The van der Waals surface area contributed by atoms with Crippen molar-refractivity contribution in [1.29, 1.82) is 0 Å². The summed E-state index contributed by atoms with van der Waals surface area (Å²) < 4.78 is 6.72. The summed E-state index contributed by atoms with van der Waals surface area (Å²) in [5.41, 5.74) is 21.4. The monoisotopic (exact) mass is 922 g/mol. The lowest BCUT2D eigenvalue weighted by Gasteiger charge is -2.44. The first-order chi connectivity index (χ1) is 34.1. The summed E-state index contributed by atoms with van der Waals surface area (Å²) in [5, 5.41) is 2.26. The minimum Gasteiger partial charge on any atom is -0.456 e. The average Bonchev–Trinajstić information content (AvgIpc) is 3.74. The Bertz CT molecular complexity index is 3670. The first-order valence-corrected chi connectivity index (χ1v) is 25.1. The second kappa shape index (κ2) is 16.4. The van der Waals surface area contributed by atoms with Crippen LogP contribution in [0.5, 0.6) is 0 Å². The van der Waals surface area contributed by atoms with Crippen molar-refractivity contribution in [2.75, 3.05) is 14.7 Å². The van der Waals surface area contributed by atoms with Crippen LogP contribution in [0.25, 0.3) is 33.1 Å². The minimum absolute atomic E-state index is 0.00677. The molecule has 2 aliphatic heterocycles. The molecule has 0 atom stereocenters. The van der Waals surface area contributed by atoms with E-state index in [-0.39, 0.29) is 23.0 Å². The molecule has 12 rings (SSSR count). The van der Waals surface area contributed by atoms with Gasteiger partial charge in [0.2, 0.25) is 0 Å². The van der Waals surface area contributed by atoms with Crippen LogP contribution in [-0.4, -0.2) is 11.7 Å². The Morgan fingerprint density at radius 2 is 1.07 bits per heavy atom. The number of aromatic nitrogens is 1. The summed E-state index contributed by atoms with van der Waals surface area (Å²) in [5.74, 6) is 0. The van der Waals surface area contributed by atoms with Crippen LogP contribution in [0.4, 0.5) is 51.2 Å². The van der Waals surface area contributed by atoms with Crippen LogP contribution >= 0.6 is 0 Å². The van der Waals surface area contributed by atoms with Crippen LogP contribution in [0.3, 0.4) is 0 Å². The Morgan fingerprint density at radius 1 is 0.465 bits per heavy atom. The van der Waals surface area contributed by atoms with Crippen LogP contribution in [0.2, 0.25) is 0 Å². The van der Waals surface area contributed by atoms with Crippen molar-refractivity contribution in [3.05, 3.63) is 211 Å². The number of benzene rings is 8. The number of fused-ring (bicyclic) bond motifs is 7. The molecule has 0 fully saturated rings. The molecule has 0 spiro atoms. The Labute approximate surface area is 419 Å². The van der Waals surface area contributed by atoms with Crippen molar-refractivity contribution >= 4 is 96.2 Å². The molecule has 0 saturated heterocycles. The Balaban J connectivity index is 1.11. The zero-order valence-electron chi connectivity index (χ0n) is 42.2. The molecule has 0 aliphatic carbocycles. The van der Waals surface area contributed by atoms with Crippen molar-refractivity contribution in [3.8, 4) is 11.1 Å². The first kappa shape index (κ1) is 44.4. The van der Waals surface area contributed by atoms with Crippen molar-refractivity contribution < 1.29 is 4.42 Å². The normalized spacial score (nSPS) is 13.3. The van der Waals surface area contributed by atoms with Gasteiger partial charge in [-0.3, -0.25) is 4.98 Å². The highest BCUT2D eigenvalue weighted by Crippen LogP contribution is 2.48. The van der Waals surface area contributed by atoms with Gasteiger partial charge in [-0.1, -0.05) is 165 Å². The lowest BCUT2D eigenvalue weighted by Crippen LogP contribution is -2.61. The van der Waals surface area contributed by atoms with E-state index < -0.39 is 0 Å². The third-order valence-electron chi connectivity index (χ3n) is 14.8. The van der Waals surface area contributed by atoms with Crippen LogP contribution < -0.4 is 31.1 Å². The Kier molecular flexibility index (Phi) is 10.2.